The number of nitrogens with one attached hydrogen (secondary N) is 1. The summed E-state index contributed by atoms with van der Waals surface area (Å²) in [5, 5.41) is 12.5. The van der Waals surface area contributed by atoms with Crippen LogP contribution in [0, 0.1) is 5.92 Å². The van der Waals surface area contributed by atoms with E-state index in [0.717, 1.165) is 18.4 Å². The maximum Gasteiger partial charge on any atom is 0.287 e. The van der Waals surface area contributed by atoms with E-state index in [0.29, 0.717) is 5.76 Å². The van der Waals surface area contributed by atoms with Crippen molar-refractivity contribution < 1.29 is 14.3 Å². The highest BCUT2D eigenvalue weighted by Crippen LogP contribution is 2.34. The van der Waals surface area contributed by atoms with Crippen LogP contribution in [0.25, 0.3) is 0 Å². The molecule has 0 bridgehead atoms. The fourth-order valence-corrected chi connectivity index (χ4v) is 2.84. The van der Waals surface area contributed by atoms with Crippen LogP contribution in [0.15, 0.2) is 47.1 Å². The molecule has 4 heteroatoms. The van der Waals surface area contributed by atoms with Crippen LogP contribution in [0.2, 0.25) is 0 Å². The molecule has 0 aliphatic heterocycles. The van der Waals surface area contributed by atoms with E-state index >= 15 is 0 Å². The van der Waals surface area contributed by atoms with Crippen molar-refractivity contribution in [1.82, 2.24) is 5.32 Å². The number of carbonyl (C=O) groups excluding carboxylic acids is 1. The van der Waals surface area contributed by atoms with E-state index in [1.165, 1.54) is 11.8 Å². The third-order valence-electron chi connectivity index (χ3n) is 3.91. The first-order valence-electron chi connectivity index (χ1n) is 6.82. The van der Waals surface area contributed by atoms with Gasteiger partial charge in [0.25, 0.3) is 5.91 Å². The van der Waals surface area contributed by atoms with Gasteiger partial charge in [0.15, 0.2) is 5.76 Å². The van der Waals surface area contributed by atoms with Gasteiger partial charge in [0.2, 0.25) is 0 Å². The number of rotatable bonds is 3. The summed E-state index contributed by atoms with van der Waals surface area (Å²) >= 11 is 0. The van der Waals surface area contributed by atoms with E-state index in [-0.39, 0.29) is 24.5 Å². The van der Waals surface area contributed by atoms with Gasteiger partial charge < -0.3 is 14.8 Å². The van der Waals surface area contributed by atoms with Crippen LogP contribution in [-0.2, 0) is 6.42 Å². The van der Waals surface area contributed by atoms with Gasteiger partial charge in [0.1, 0.15) is 0 Å². The van der Waals surface area contributed by atoms with Crippen molar-refractivity contribution in [2.45, 2.75) is 18.9 Å². The van der Waals surface area contributed by atoms with E-state index in [1.54, 1.807) is 12.1 Å². The molecule has 2 aromatic rings. The van der Waals surface area contributed by atoms with E-state index in [9.17, 15) is 9.90 Å². The number of hydrogen-bond acceptors (Lipinski definition) is 3. The zero-order chi connectivity index (χ0) is 13.9. The van der Waals surface area contributed by atoms with E-state index in [1.807, 2.05) is 18.2 Å². The molecule has 0 fully saturated rings. The van der Waals surface area contributed by atoms with Gasteiger partial charge in [-0.3, -0.25) is 4.79 Å². The maximum absolute atomic E-state index is 12.2. The van der Waals surface area contributed by atoms with Crippen molar-refractivity contribution in [2.24, 2.45) is 5.92 Å². The Hall–Kier alpha value is -2.07. The lowest BCUT2D eigenvalue weighted by Gasteiger charge is -2.33. The zero-order valence-corrected chi connectivity index (χ0v) is 11.1. The number of aliphatic hydroxyl groups is 1. The Morgan fingerprint density at radius 3 is 2.90 bits per heavy atom. The predicted molar refractivity (Wildman–Crippen MR) is 74.3 cm³/mol. The van der Waals surface area contributed by atoms with Crippen molar-refractivity contribution in [2.75, 3.05) is 6.61 Å². The second kappa shape index (κ2) is 5.51. The van der Waals surface area contributed by atoms with Gasteiger partial charge in [0, 0.05) is 12.5 Å². The van der Waals surface area contributed by atoms with Crippen LogP contribution in [0.4, 0.5) is 0 Å². The highest BCUT2D eigenvalue weighted by molar-refractivity contribution is 5.91. The highest BCUT2D eigenvalue weighted by atomic mass is 16.3. The molecule has 3 rings (SSSR count). The third-order valence-corrected chi connectivity index (χ3v) is 3.91. The average Bonchev–Trinajstić information content (AvgIpc) is 3.02. The third kappa shape index (κ3) is 2.34. The zero-order valence-electron chi connectivity index (χ0n) is 11.1. The largest absolute Gasteiger partial charge is 0.459 e. The molecule has 0 radical (unpaired) electrons. The van der Waals surface area contributed by atoms with Crippen LogP contribution in [0.3, 0.4) is 0 Å². The number of hydrogen-bond donors (Lipinski definition) is 2. The second-order valence-corrected chi connectivity index (χ2v) is 5.11. The molecule has 0 spiro atoms. The van der Waals surface area contributed by atoms with Crippen LogP contribution in [-0.4, -0.2) is 17.6 Å². The molecule has 20 heavy (non-hydrogen) atoms. The SMILES string of the molecule is O=C(N[C@H]1c2ccccc2CC[C@@H]1CO)c1ccco1. The number of fused-ring (bicyclic) bond motifs is 1. The molecule has 0 unspecified atom stereocenters. The van der Waals surface area contributed by atoms with Gasteiger partial charge in [-0.1, -0.05) is 24.3 Å². The van der Waals surface area contributed by atoms with E-state index in [2.05, 4.69) is 11.4 Å². The summed E-state index contributed by atoms with van der Waals surface area (Å²) < 4.78 is 5.12. The van der Waals surface area contributed by atoms with Crippen molar-refractivity contribution in [1.29, 1.82) is 0 Å². The molecule has 1 aliphatic rings. The van der Waals surface area contributed by atoms with E-state index < -0.39 is 0 Å². The fraction of sp³-hybridized carbons (Fsp3) is 0.312. The molecule has 4 nitrogen and oxygen atoms in total. The molecule has 1 aromatic heterocycles. The highest BCUT2D eigenvalue weighted by Gasteiger charge is 2.30. The summed E-state index contributed by atoms with van der Waals surface area (Å²) in [5.74, 6) is 0.101. The van der Waals surface area contributed by atoms with Gasteiger partial charge >= 0.3 is 0 Å². The summed E-state index contributed by atoms with van der Waals surface area (Å²) in [7, 11) is 0. The van der Waals surface area contributed by atoms with Crippen LogP contribution in [0.5, 0.6) is 0 Å². The molecule has 0 saturated heterocycles. The lowest BCUT2D eigenvalue weighted by atomic mass is 9.80. The molecular formula is C16H17NO3. The smallest absolute Gasteiger partial charge is 0.287 e. The molecule has 2 atom stereocenters. The van der Waals surface area contributed by atoms with Crippen LogP contribution in [0.1, 0.15) is 34.1 Å². The summed E-state index contributed by atoms with van der Waals surface area (Å²) in [5.41, 5.74) is 2.33. The van der Waals surface area contributed by atoms with Gasteiger partial charge in [-0.15, -0.1) is 0 Å². The van der Waals surface area contributed by atoms with Crippen molar-refractivity contribution in [3.8, 4) is 0 Å². The lowest BCUT2D eigenvalue weighted by Crippen LogP contribution is -2.37. The molecule has 1 aromatic carbocycles. The van der Waals surface area contributed by atoms with Crippen molar-refractivity contribution in [3.63, 3.8) is 0 Å². The minimum Gasteiger partial charge on any atom is -0.459 e. The molecule has 1 aliphatic carbocycles. The van der Waals surface area contributed by atoms with Gasteiger partial charge in [-0.2, -0.15) is 0 Å². The van der Waals surface area contributed by atoms with E-state index in [4.69, 9.17) is 4.42 Å². The Balaban J connectivity index is 1.87. The number of aliphatic hydroxyl groups excluding tert-OH is 1. The molecule has 104 valence electrons. The van der Waals surface area contributed by atoms with Gasteiger partial charge in [0.05, 0.1) is 12.3 Å². The standard InChI is InChI=1S/C16H17NO3/c18-10-12-8-7-11-4-1-2-5-13(11)15(12)17-16(19)14-6-3-9-20-14/h1-6,9,12,15,18H,7-8,10H2,(H,17,19)/t12-,15-/m1/s1. The molecular weight excluding hydrogens is 254 g/mol. The van der Waals surface area contributed by atoms with Crippen molar-refractivity contribution in [3.05, 3.63) is 59.5 Å². The lowest BCUT2D eigenvalue weighted by molar-refractivity contribution is 0.0865. The first kappa shape index (κ1) is 12.9. The maximum atomic E-state index is 12.2. The summed E-state index contributed by atoms with van der Waals surface area (Å²) in [4.78, 5) is 12.2. The summed E-state index contributed by atoms with van der Waals surface area (Å²) in [6.45, 7) is 0.0669. The average molecular weight is 271 g/mol. The number of aryl methyl sites for hydroxylation is 1. The topological polar surface area (TPSA) is 62.5 Å². The number of furan rings is 1. The summed E-state index contributed by atoms with van der Waals surface area (Å²) in [6, 6.07) is 11.2. The monoisotopic (exact) mass is 271 g/mol. The predicted octanol–water partition coefficient (Wildman–Crippen LogP) is 2.31. The Morgan fingerprint density at radius 2 is 2.15 bits per heavy atom. The first-order chi connectivity index (χ1) is 9.79. The number of amides is 1. The minimum absolute atomic E-state index is 0.0452. The fourth-order valence-electron chi connectivity index (χ4n) is 2.84. The Kier molecular flexibility index (Phi) is 3.56. The van der Waals surface area contributed by atoms with Crippen LogP contribution < -0.4 is 5.32 Å². The first-order valence-corrected chi connectivity index (χ1v) is 6.82. The molecule has 0 saturated carbocycles. The van der Waals surface area contributed by atoms with Gasteiger partial charge in [-0.05, 0) is 36.1 Å². The molecule has 1 heterocycles. The number of benzene rings is 1. The summed E-state index contributed by atoms with van der Waals surface area (Å²) in [6.07, 6.45) is 3.29. The Morgan fingerprint density at radius 1 is 1.30 bits per heavy atom. The van der Waals surface area contributed by atoms with Crippen molar-refractivity contribution >= 4 is 5.91 Å². The Labute approximate surface area is 117 Å². The van der Waals surface area contributed by atoms with Gasteiger partial charge in [-0.25, -0.2) is 0 Å². The molecule has 1 amide bonds. The normalized spacial score (nSPS) is 21.2. The number of carbonyl (C=O) groups is 1. The van der Waals surface area contributed by atoms with Crippen LogP contribution >= 0.6 is 0 Å². The quantitative estimate of drug-likeness (QED) is 0.900. The Bertz CT molecular complexity index is 592. The second-order valence-electron chi connectivity index (χ2n) is 5.11. The molecule has 2 N–H and O–H groups in total. The minimum atomic E-state index is -0.241.